The second-order valence-electron chi connectivity index (χ2n) is 5.86. The molecule has 0 unspecified atom stereocenters. The summed E-state index contributed by atoms with van der Waals surface area (Å²) in [5.74, 6) is 0.842. The van der Waals surface area contributed by atoms with E-state index in [2.05, 4.69) is 20.9 Å². The number of thiazole rings is 1. The van der Waals surface area contributed by atoms with E-state index in [1.165, 1.54) is 0 Å². The summed E-state index contributed by atoms with van der Waals surface area (Å²) in [7, 11) is 3.46. The summed E-state index contributed by atoms with van der Waals surface area (Å²) in [6.07, 6.45) is 0.353. The van der Waals surface area contributed by atoms with E-state index in [-0.39, 0.29) is 5.91 Å². The van der Waals surface area contributed by atoms with Crippen molar-refractivity contribution >= 4 is 44.5 Å². The van der Waals surface area contributed by atoms with Gasteiger partial charge < -0.3 is 9.64 Å². The van der Waals surface area contributed by atoms with Crippen LogP contribution in [0.4, 0.5) is 0 Å². The summed E-state index contributed by atoms with van der Waals surface area (Å²) < 4.78 is 6.37. The van der Waals surface area contributed by atoms with Gasteiger partial charge in [-0.3, -0.25) is 4.79 Å². The van der Waals surface area contributed by atoms with Crippen molar-refractivity contribution in [3.63, 3.8) is 0 Å². The third-order valence-electron chi connectivity index (χ3n) is 3.95. The number of aryl methyl sites for hydroxylation is 1. The first-order chi connectivity index (χ1) is 12.5. The first kappa shape index (κ1) is 19.1. The van der Waals surface area contributed by atoms with Crippen molar-refractivity contribution in [1.82, 2.24) is 9.88 Å². The zero-order valence-corrected chi connectivity index (χ0v) is 18.0. The van der Waals surface area contributed by atoms with Crippen LogP contribution < -0.4 is 4.74 Å². The molecule has 7 heteroatoms. The summed E-state index contributed by atoms with van der Waals surface area (Å²) in [5, 5.41) is 3.01. The van der Waals surface area contributed by atoms with Crippen LogP contribution in [-0.4, -0.2) is 29.9 Å². The molecule has 136 valence electrons. The zero-order valence-electron chi connectivity index (χ0n) is 14.8. The molecule has 0 aliphatic carbocycles. The summed E-state index contributed by atoms with van der Waals surface area (Å²) in [5.41, 5.74) is 1.90. The molecule has 0 spiro atoms. The molecule has 0 atom stereocenters. The fourth-order valence-corrected chi connectivity index (χ4v) is 4.84. The summed E-state index contributed by atoms with van der Waals surface area (Å²) in [6, 6.07) is 9.86. The van der Waals surface area contributed by atoms with E-state index >= 15 is 0 Å². The van der Waals surface area contributed by atoms with Crippen molar-refractivity contribution < 1.29 is 9.53 Å². The number of benzene rings is 1. The molecular formula is C19H19BrN2O2S2. The maximum Gasteiger partial charge on any atom is 0.227 e. The zero-order chi connectivity index (χ0) is 18.7. The number of rotatable bonds is 6. The highest BCUT2D eigenvalue weighted by Gasteiger charge is 2.19. The number of likely N-dealkylation sites (N-methyl/N-ethyl adjacent to an activating group) is 1. The minimum atomic E-state index is 0.0634. The normalized spacial score (nSPS) is 10.8. The first-order valence-electron chi connectivity index (χ1n) is 8.04. The summed E-state index contributed by atoms with van der Waals surface area (Å²) in [6.45, 7) is 2.47. The minimum Gasteiger partial charge on any atom is -0.496 e. The highest BCUT2D eigenvalue weighted by atomic mass is 79.9. The molecule has 2 aromatic heterocycles. The van der Waals surface area contributed by atoms with Crippen molar-refractivity contribution in [3.05, 3.63) is 55.6 Å². The lowest BCUT2D eigenvalue weighted by atomic mass is 10.1. The summed E-state index contributed by atoms with van der Waals surface area (Å²) in [4.78, 5) is 21.3. The molecule has 2 heterocycles. The molecule has 0 radical (unpaired) electrons. The van der Waals surface area contributed by atoms with E-state index in [0.29, 0.717) is 13.0 Å². The molecule has 1 amide bonds. The van der Waals surface area contributed by atoms with Crippen LogP contribution >= 0.6 is 38.6 Å². The van der Waals surface area contributed by atoms with Crippen LogP contribution in [0.3, 0.4) is 0 Å². The van der Waals surface area contributed by atoms with Crippen LogP contribution in [0.5, 0.6) is 5.75 Å². The largest absolute Gasteiger partial charge is 0.496 e. The van der Waals surface area contributed by atoms with Crippen LogP contribution in [0.2, 0.25) is 0 Å². The molecule has 0 N–H and O–H groups in total. The highest BCUT2D eigenvalue weighted by Crippen LogP contribution is 2.32. The molecule has 0 saturated heterocycles. The standard InChI is InChI=1S/C19H19BrN2O2S2/c1-12-21-19(16-5-4-8-25-16)17(26-12)10-18(23)22(2)11-13-9-14(20)6-7-15(13)24-3/h4-9H,10-11H2,1-3H3. The summed E-state index contributed by atoms with van der Waals surface area (Å²) >= 11 is 6.71. The second-order valence-corrected chi connectivity index (χ2v) is 9.02. The Morgan fingerprint density at radius 2 is 2.15 bits per heavy atom. The fourth-order valence-electron chi connectivity index (χ4n) is 2.68. The SMILES string of the molecule is COc1ccc(Br)cc1CN(C)C(=O)Cc1sc(C)nc1-c1cccs1. The Morgan fingerprint density at radius 1 is 1.35 bits per heavy atom. The highest BCUT2D eigenvalue weighted by molar-refractivity contribution is 9.10. The van der Waals surface area contributed by atoms with Crippen molar-refractivity contribution in [3.8, 4) is 16.3 Å². The Kier molecular flexibility index (Phi) is 6.11. The van der Waals surface area contributed by atoms with Gasteiger partial charge in [0.2, 0.25) is 5.91 Å². The average Bonchev–Trinajstić information content (AvgIpc) is 3.24. The molecule has 3 rings (SSSR count). The fraction of sp³-hybridized carbons (Fsp3) is 0.263. The van der Waals surface area contributed by atoms with Gasteiger partial charge in [-0.1, -0.05) is 22.0 Å². The van der Waals surface area contributed by atoms with Crippen LogP contribution in [0.15, 0.2) is 40.2 Å². The quantitative estimate of drug-likeness (QED) is 0.521. The van der Waals surface area contributed by atoms with E-state index < -0.39 is 0 Å². The van der Waals surface area contributed by atoms with E-state index in [4.69, 9.17) is 4.74 Å². The third kappa shape index (κ3) is 4.34. The maximum absolute atomic E-state index is 12.8. The Morgan fingerprint density at radius 3 is 2.85 bits per heavy atom. The van der Waals surface area contributed by atoms with Crippen LogP contribution in [0.25, 0.3) is 10.6 Å². The smallest absolute Gasteiger partial charge is 0.227 e. The van der Waals surface area contributed by atoms with Crippen LogP contribution in [0.1, 0.15) is 15.4 Å². The van der Waals surface area contributed by atoms with Gasteiger partial charge in [0.15, 0.2) is 0 Å². The van der Waals surface area contributed by atoms with E-state index in [1.807, 2.05) is 49.7 Å². The lowest BCUT2D eigenvalue weighted by Crippen LogP contribution is -2.27. The predicted octanol–water partition coefficient (Wildman–Crippen LogP) is 5.15. The van der Waals surface area contributed by atoms with Gasteiger partial charge in [0.1, 0.15) is 5.75 Å². The van der Waals surface area contributed by atoms with Gasteiger partial charge in [-0.25, -0.2) is 4.98 Å². The molecule has 1 aromatic carbocycles. The number of ether oxygens (including phenoxy) is 1. The van der Waals surface area contributed by atoms with E-state index in [0.717, 1.165) is 36.2 Å². The van der Waals surface area contributed by atoms with Crippen molar-refractivity contribution in [2.75, 3.05) is 14.2 Å². The van der Waals surface area contributed by atoms with Gasteiger partial charge in [-0.15, -0.1) is 22.7 Å². The number of nitrogens with zero attached hydrogens (tertiary/aromatic N) is 2. The molecule has 0 bridgehead atoms. The molecule has 26 heavy (non-hydrogen) atoms. The number of aromatic nitrogens is 1. The van der Waals surface area contributed by atoms with Crippen molar-refractivity contribution in [2.45, 2.75) is 19.9 Å². The number of carbonyl (C=O) groups excluding carboxylic acids is 1. The molecule has 0 fully saturated rings. The Bertz CT molecular complexity index is 906. The van der Waals surface area contributed by atoms with E-state index in [9.17, 15) is 4.79 Å². The lowest BCUT2D eigenvalue weighted by molar-refractivity contribution is -0.129. The minimum absolute atomic E-state index is 0.0634. The van der Waals surface area contributed by atoms with Gasteiger partial charge in [0, 0.05) is 28.5 Å². The van der Waals surface area contributed by atoms with Gasteiger partial charge in [0.05, 0.1) is 29.1 Å². The topological polar surface area (TPSA) is 42.4 Å². The van der Waals surface area contributed by atoms with Crippen molar-refractivity contribution in [2.24, 2.45) is 0 Å². The number of methoxy groups -OCH3 is 1. The number of thiophene rings is 1. The third-order valence-corrected chi connectivity index (χ3v) is 6.29. The predicted molar refractivity (Wildman–Crippen MR) is 111 cm³/mol. The Labute approximate surface area is 169 Å². The maximum atomic E-state index is 12.8. The first-order valence-corrected chi connectivity index (χ1v) is 10.5. The van der Waals surface area contributed by atoms with Gasteiger partial charge in [-0.05, 0) is 36.6 Å². The van der Waals surface area contributed by atoms with Crippen LogP contribution in [-0.2, 0) is 17.8 Å². The number of halogens is 1. The molecule has 3 aromatic rings. The number of amides is 1. The van der Waals surface area contributed by atoms with Crippen molar-refractivity contribution in [1.29, 1.82) is 0 Å². The van der Waals surface area contributed by atoms with Crippen LogP contribution in [0, 0.1) is 6.92 Å². The molecule has 0 aliphatic heterocycles. The molecule has 4 nitrogen and oxygen atoms in total. The molecule has 0 saturated carbocycles. The number of carbonyl (C=O) groups is 1. The number of hydrogen-bond acceptors (Lipinski definition) is 5. The van der Waals surface area contributed by atoms with Gasteiger partial charge >= 0.3 is 0 Å². The Hall–Kier alpha value is -1.70. The second kappa shape index (κ2) is 8.33. The monoisotopic (exact) mass is 450 g/mol. The molecule has 0 aliphatic rings. The lowest BCUT2D eigenvalue weighted by Gasteiger charge is -2.19. The van der Waals surface area contributed by atoms with E-state index in [1.54, 1.807) is 34.7 Å². The molecular weight excluding hydrogens is 432 g/mol. The van der Waals surface area contributed by atoms with Gasteiger partial charge in [-0.2, -0.15) is 0 Å². The van der Waals surface area contributed by atoms with Gasteiger partial charge in [0.25, 0.3) is 0 Å². The average molecular weight is 451 g/mol. The number of hydrogen-bond donors (Lipinski definition) is 0. The Balaban J connectivity index is 1.76.